The lowest BCUT2D eigenvalue weighted by Gasteiger charge is -2.30. The number of hydrogen-bond acceptors (Lipinski definition) is 3. The third kappa shape index (κ3) is 2.60. The van der Waals surface area contributed by atoms with Gasteiger partial charge in [0.1, 0.15) is 5.75 Å². The quantitative estimate of drug-likeness (QED) is 0.906. The first-order valence-electron chi connectivity index (χ1n) is 7.58. The first-order valence-corrected chi connectivity index (χ1v) is 8.46. The lowest BCUT2D eigenvalue weighted by molar-refractivity contribution is 0.394. The molecule has 1 aliphatic carbocycles. The fourth-order valence-electron chi connectivity index (χ4n) is 3.63. The summed E-state index contributed by atoms with van der Waals surface area (Å²) in [6.45, 7) is 4.24. The molecule has 21 heavy (non-hydrogen) atoms. The fourth-order valence-corrected chi connectivity index (χ4v) is 4.63. The van der Waals surface area contributed by atoms with Crippen LogP contribution in [0.3, 0.4) is 0 Å². The maximum atomic E-state index is 6.70. The number of ether oxygens (including phenoxy) is 1. The molecule has 2 N–H and O–H groups in total. The second-order valence-corrected chi connectivity index (χ2v) is 7.02. The maximum Gasteiger partial charge on any atom is 0.124 e. The molecule has 0 radical (unpaired) electrons. The standard InChI is InChI=1S/C18H23NOS/c1-11-9-12(2)17(15(10-11)20-3)18(19)14-5-4-6-16-13(14)7-8-21-16/h7-10,14,18H,4-6,19H2,1-3H3. The summed E-state index contributed by atoms with van der Waals surface area (Å²) in [6.07, 6.45) is 3.61. The van der Waals surface area contributed by atoms with Crippen LogP contribution in [-0.2, 0) is 6.42 Å². The summed E-state index contributed by atoms with van der Waals surface area (Å²) in [7, 11) is 1.74. The maximum absolute atomic E-state index is 6.70. The molecule has 3 heteroatoms. The first kappa shape index (κ1) is 14.6. The summed E-state index contributed by atoms with van der Waals surface area (Å²) in [5.41, 5.74) is 11.8. The van der Waals surface area contributed by atoms with Crippen LogP contribution in [0.25, 0.3) is 0 Å². The minimum Gasteiger partial charge on any atom is -0.496 e. The molecule has 112 valence electrons. The summed E-state index contributed by atoms with van der Waals surface area (Å²) >= 11 is 1.87. The molecule has 2 aromatic rings. The van der Waals surface area contributed by atoms with Crippen LogP contribution in [0.15, 0.2) is 23.6 Å². The van der Waals surface area contributed by atoms with E-state index in [1.165, 1.54) is 46.4 Å². The van der Waals surface area contributed by atoms with Gasteiger partial charge in [-0.2, -0.15) is 0 Å². The van der Waals surface area contributed by atoms with E-state index >= 15 is 0 Å². The van der Waals surface area contributed by atoms with Gasteiger partial charge in [-0.15, -0.1) is 11.3 Å². The van der Waals surface area contributed by atoms with E-state index in [0.29, 0.717) is 5.92 Å². The van der Waals surface area contributed by atoms with Crippen LogP contribution in [0.2, 0.25) is 0 Å². The second kappa shape index (κ2) is 5.82. The van der Waals surface area contributed by atoms with Crippen molar-refractivity contribution in [3.05, 3.63) is 50.7 Å². The van der Waals surface area contributed by atoms with Gasteiger partial charge in [-0.25, -0.2) is 0 Å². The predicted octanol–water partition coefficient (Wildman–Crippen LogP) is 4.49. The minimum absolute atomic E-state index is 0.00852. The van der Waals surface area contributed by atoms with Crippen molar-refractivity contribution in [3.8, 4) is 5.75 Å². The Bertz CT molecular complexity index is 647. The van der Waals surface area contributed by atoms with E-state index in [9.17, 15) is 0 Å². The minimum atomic E-state index is 0.00852. The number of hydrogen-bond donors (Lipinski definition) is 1. The second-order valence-electron chi connectivity index (χ2n) is 6.02. The number of nitrogens with two attached hydrogens (primary N) is 1. The molecule has 0 aliphatic heterocycles. The molecule has 1 aromatic carbocycles. The molecule has 0 spiro atoms. The van der Waals surface area contributed by atoms with Gasteiger partial charge in [0.15, 0.2) is 0 Å². The van der Waals surface area contributed by atoms with Crippen LogP contribution in [0.4, 0.5) is 0 Å². The van der Waals surface area contributed by atoms with Gasteiger partial charge in [0.2, 0.25) is 0 Å². The normalized spacial score (nSPS) is 19.1. The van der Waals surface area contributed by atoms with Crippen molar-refractivity contribution in [2.75, 3.05) is 7.11 Å². The van der Waals surface area contributed by atoms with Gasteiger partial charge in [0, 0.05) is 22.4 Å². The number of thiophene rings is 1. The van der Waals surface area contributed by atoms with Crippen LogP contribution in [0, 0.1) is 13.8 Å². The lowest BCUT2D eigenvalue weighted by atomic mass is 9.79. The molecule has 2 atom stereocenters. The van der Waals surface area contributed by atoms with Crippen molar-refractivity contribution < 1.29 is 4.74 Å². The molecule has 1 aromatic heterocycles. The van der Waals surface area contributed by atoms with E-state index in [4.69, 9.17) is 10.5 Å². The number of aryl methyl sites for hydroxylation is 3. The monoisotopic (exact) mass is 301 g/mol. The Kier molecular flexibility index (Phi) is 4.05. The van der Waals surface area contributed by atoms with Crippen molar-refractivity contribution in [2.24, 2.45) is 5.73 Å². The van der Waals surface area contributed by atoms with E-state index in [-0.39, 0.29) is 6.04 Å². The van der Waals surface area contributed by atoms with Crippen molar-refractivity contribution in [3.63, 3.8) is 0 Å². The molecule has 2 unspecified atom stereocenters. The van der Waals surface area contributed by atoms with Crippen molar-refractivity contribution >= 4 is 11.3 Å². The van der Waals surface area contributed by atoms with E-state index < -0.39 is 0 Å². The van der Waals surface area contributed by atoms with E-state index in [2.05, 4.69) is 37.4 Å². The van der Waals surface area contributed by atoms with E-state index in [1.54, 1.807) is 7.11 Å². The molecular weight excluding hydrogens is 278 g/mol. The molecule has 0 fully saturated rings. The van der Waals surface area contributed by atoms with Crippen molar-refractivity contribution in [2.45, 2.75) is 45.1 Å². The highest BCUT2D eigenvalue weighted by Gasteiger charge is 2.30. The zero-order valence-corrected chi connectivity index (χ0v) is 13.8. The van der Waals surface area contributed by atoms with E-state index in [1.807, 2.05) is 11.3 Å². The topological polar surface area (TPSA) is 35.2 Å². The van der Waals surface area contributed by atoms with Gasteiger partial charge in [0.05, 0.1) is 7.11 Å². The van der Waals surface area contributed by atoms with Gasteiger partial charge >= 0.3 is 0 Å². The highest BCUT2D eigenvalue weighted by Crippen LogP contribution is 2.44. The average molecular weight is 301 g/mol. The number of rotatable bonds is 3. The molecule has 2 nitrogen and oxygen atoms in total. The van der Waals surface area contributed by atoms with Crippen molar-refractivity contribution in [1.29, 1.82) is 0 Å². The van der Waals surface area contributed by atoms with Crippen LogP contribution in [0.1, 0.15) is 51.9 Å². The lowest BCUT2D eigenvalue weighted by Crippen LogP contribution is -2.24. The van der Waals surface area contributed by atoms with Crippen molar-refractivity contribution in [1.82, 2.24) is 0 Å². The van der Waals surface area contributed by atoms with Gasteiger partial charge in [-0.3, -0.25) is 0 Å². The Balaban J connectivity index is 2.03. The number of fused-ring (bicyclic) bond motifs is 1. The summed E-state index contributed by atoms with van der Waals surface area (Å²) < 4.78 is 5.61. The van der Waals surface area contributed by atoms with Gasteiger partial charge in [-0.1, -0.05) is 6.07 Å². The van der Waals surface area contributed by atoms with Crippen LogP contribution < -0.4 is 10.5 Å². The van der Waals surface area contributed by atoms with Gasteiger partial charge in [0.25, 0.3) is 0 Å². The Morgan fingerprint density at radius 3 is 2.90 bits per heavy atom. The number of methoxy groups -OCH3 is 1. The first-order chi connectivity index (χ1) is 10.1. The summed E-state index contributed by atoms with van der Waals surface area (Å²) in [5.74, 6) is 1.35. The Morgan fingerprint density at radius 2 is 2.14 bits per heavy atom. The third-order valence-electron chi connectivity index (χ3n) is 4.58. The largest absolute Gasteiger partial charge is 0.496 e. The zero-order chi connectivity index (χ0) is 15.0. The van der Waals surface area contributed by atoms with E-state index in [0.717, 1.165) is 5.75 Å². The van der Waals surface area contributed by atoms with Gasteiger partial charge in [-0.05, 0) is 67.3 Å². The summed E-state index contributed by atoms with van der Waals surface area (Å²) in [6, 6.07) is 6.57. The molecule has 0 amide bonds. The molecule has 0 saturated heterocycles. The zero-order valence-electron chi connectivity index (χ0n) is 13.0. The van der Waals surface area contributed by atoms with Gasteiger partial charge < -0.3 is 10.5 Å². The molecule has 1 heterocycles. The molecule has 0 saturated carbocycles. The number of benzene rings is 1. The summed E-state index contributed by atoms with van der Waals surface area (Å²) in [4.78, 5) is 1.52. The summed E-state index contributed by atoms with van der Waals surface area (Å²) in [5, 5.41) is 2.20. The highest BCUT2D eigenvalue weighted by molar-refractivity contribution is 7.10. The highest BCUT2D eigenvalue weighted by atomic mass is 32.1. The van der Waals surface area contributed by atoms with Crippen LogP contribution in [-0.4, -0.2) is 7.11 Å². The Labute approximate surface area is 130 Å². The Hall–Kier alpha value is -1.32. The molecular formula is C18H23NOS. The van der Waals surface area contributed by atoms with Crippen LogP contribution >= 0.6 is 11.3 Å². The molecule has 3 rings (SSSR count). The fraction of sp³-hybridized carbons (Fsp3) is 0.444. The molecule has 0 bridgehead atoms. The molecule has 1 aliphatic rings. The Morgan fingerprint density at radius 1 is 1.33 bits per heavy atom. The SMILES string of the molecule is COc1cc(C)cc(C)c1C(N)C1CCCc2sccc21. The average Bonchev–Trinajstić information content (AvgIpc) is 2.94. The smallest absolute Gasteiger partial charge is 0.124 e. The predicted molar refractivity (Wildman–Crippen MR) is 89.4 cm³/mol. The van der Waals surface area contributed by atoms with Crippen LogP contribution in [0.5, 0.6) is 5.75 Å². The third-order valence-corrected chi connectivity index (χ3v) is 5.57.